The molecule has 0 saturated carbocycles. The van der Waals surface area contributed by atoms with Gasteiger partial charge in [0.25, 0.3) is 0 Å². The molecule has 1 aliphatic rings. The Morgan fingerprint density at radius 3 is 2.00 bits per heavy atom. The van der Waals surface area contributed by atoms with Crippen molar-refractivity contribution >= 4 is 81.9 Å². The van der Waals surface area contributed by atoms with Crippen molar-refractivity contribution in [1.29, 1.82) is 0 Å². The summed E-state index contributed by atoms with van der Waals surface area (Å²) in [6, 6.07) is 0. The third-order valence-corrected chi connectivity index (χ3v) is 33.6. The van der Waals surface area contributed by atoms with E-state index in [2.05, 4.69) is 8.60 Å². The molecule has 1 rings (SSSR count). The molecule has 0 spiro atoms. The average Bonchev–Trinajstić information content (AvgIpc) is 1.62. The van der Waals surface area contributed by atoms with Crippen molar-refractivity contribution in [3.8, 4) is 0 Å². The fraction of sp³-hybridized carbons (Fsp3) is 0. The van der Waals surface area contributed by atoms with Crippen molar-refractivity contribution in [3.05, 3.63) is 0 Å². The maximum absolute atomic E-state index is 2.12. The second kappa shape index (κ2) is 6.82. The Hall–Kier alpha value is 3.14. The number of hydrogen-bond donors (Lipinski definition) is 0. The Kier molecular flexibility index (Phi) is 7.87. The van der Waals surface area contributed by atoms with Crippen LogP contribution in [0.15, 0.2) is 0 Å². The van der Waals surface area contributed by atoms with Gasteiger partial charge in [-0.15, -0.1) is 0 Å². The van der Waals surface area contributed by atoms with Crippen molar-refractivity contribution in [2.24, 2.45) is 0 Å². The van der Waals surface area contributed by atoms with E-state index in [1.807, 2.05) is 47.9 Å². The van der Waals surface area contributed by atoms with Crippen LogP contribution in [-0.2, 0) is 0 Å². The summed E-state index contributed by atoms with van der Waals surface area (Å²) in [5.74, 6) is 0. The Balaban J connectivity index is 2.00. The first-order valence-corrected chi connectivity index (χ1v) is 16.4. The molecule has 1 aliphatic heterocycles. The van der Waals surface area contributed by atoms with E-state index in [4.69, 9.17) is 0 Å². The van der Waals surface area contributed by atoms with Gasteiger partial charge in [-0.25, -0.2) is 0 Å². The monoisotopic (exact) mass is 352 g/mol. The second-order valence-corrected chi connectivity index (χ2v) is 23.8. The van der Waals surface area contributed by atoms with Crippen molar-refractivity contribution in [2.45, 2.75) is 0 Å². The summed E-state index contributed by atoms with van der Waals surface area (Å²) in [5.41, 5.74) is 0. The predicted molar refractivity (Wildman–Crippen MR) is 57.1 cm³/mol. The third-order valence-electron chi connectivity index (χ3n) is 0.222. The van der Waals surface area contributed by atoms with E-state index >= 15 is 0 Å². The summed E-state index contributed by atoms with van der Waals surface area (Å²) in [7, 11) is 11.9. The van der Waals surface area contributed by atoms with Gasteiger partial charge in [0, 0.05) is 0 Å². The Bertz CT molecular complexity index is 30.5. The molecular formula is S6Se2. The van der Waals surface area contributed by atoms with Gasteiger partial charge in [-0.2, -0.15) is 0 Å². The van der Waals surface area contributed by atoms with Crippen molar-refractivity contribution < 1.29 is 0 Å². The number of rotatable bonds is 0. The minimum atomic E-state index is 0.797. The maximum atomic E-state index is 2.12. The molecule has 0 aromatic rings. The summed E-state index contributed by atoms with van der Waals surface area (Å²) in [6.45, 7) is 0. The Morgan fingerprint density at radius 2 is 1.38 bits per heavy atom. The molecule has 0 atom stereocenters. The predicted octanol–water partition coefficient (Wildman–Crippen LogP) is 3.13. The van der Waals surface area contributed by atoms with E-state index in [0.717, 1.165) is 25.4 Å². The van der Waals surface area contributed by atoms with Crippen LogP contribution in [0.1, 0.15) is 0 Å². The molecule has 0 aromatic carbocycles. The standard InChI is InChI=1S/S6Se2/c1-2-4-7-6-8-5-3-1. The molecule has 0 radical (unpaired) electrons. The molecule has 48 valence electrons. The number of hydrogen-bond acceptors (Lipinski definition) is 6. The van der Waals surface area contributed by atoms with E-state index in [-0.39, 0.29) is 0 Å². The van der Waals surface area contributed by atoms with E-state index < -0.39 is 0 Å². The van der Waals surface area contributed by atoms with Crippen LogP contribution >= 0.6 is 56.5 Å². The molecule has 0 aliphatic carbocycles. The molecule has 1 fully saturated rings. The zero-order chi connectivity index (χ0) is 5.66. The minimum absolute atomic E-state index is 0.797. The van der Waals surface area contributed by atoms with Gasteiger partial charge in [0.15, 0.2) is 0 Å². The Morgan fingerprint density at radius 1 is 0.750 bits per heavy atom. The first-order chi connectivity index (χ1) is 4.00. The van der Waals surface area contributed by atoms with Crippen LogP contribution in [-0.4, -0.2) is 25.4 Å². The topological polar surface area (TPSA) is 0 Å². The normalized spacial score (nSPS) is 24.0. The van der Waals surface area contributed by atoms with Gasteiger partial charge in [0.05, 0.1) is 0 Å². The summed E-state index contributed by atoms with van der Waals surface area (Å²) >= 11 is 1.59. The SMILES string of the molecule is S1SS[Se]S[Se]SS1. The van der Waals surface area contributed by atoms with E-state index in [1.165, 1.54) is 0 Å². The van der Waals surface area contributed by atoms with Crippen molar-refractivity contribution in [3.63, 3.8) is 0 Å². The van der Waals surface area contributed by atoms with Crippen LogP contribution in [0.3, 0.4) is 0 Å². The third kappa shape index (κ3) is 4.88. The molecule has 0 amide bonds. The molecule has 0 aromatic heterocycles. The van der Waals surface area contributed by atoms with Crippen molar-refractivity contribution in [1.82, 2.24) is 0 Å². The second-order valence-electron chi connectivity index (χ2n) is 0.544. The molecule has 8 heteroatoms. The van der Waals surface area contributed by atoms with Crippen molar-refractivity contribution in [2.75, 3.05) is 0 Å². The van der Waals surface area contributed by atoms with Crippen LogP contribution < -0.4 is 0 Å². The molecule has 0 nitrogen and oxygen atoms in total. The fourth-order valence-corrected chi connectivity index (χ4v) is 46.6. The van der Waals surface area contributed by atoms with Gasteiger partial charge in [-0.3, -0.25) is 0 Å². The van der Waals surface area contributed by atoms with E-state index in [1.54, 1.807) is 0 Å². The first kappa shape index (κ1) is 9.23. The zero-order valence-corrected chi connectivity index (χ0v) is 11.6. The molecule has 0 N–H and O–H groups in total. The quantitative estimate of drug-likeness (QED) is 0.483. The fourth-order valence-electron chi connectivity index (χ4n) is 0.0907. The molecule has 1 saturated heterocycles. The van der Waals surface area contributed by atoms with Crippen LogP contribution in [0.5, 0.6) is 0 Å². The van der Waals surface area contributed by atoms with Gasteiger partial charge in [-0.1, -0.05) is 0 Å². The van der Waals surface area contributed by atoms with E-state index in [0.29, 0.717) is 0 Å². The summed E-state index contributed by atoms with van der Waals surface area (Å²) in [5, 5.41) is 0. The van der Waals surface area contributed by atoms with Gasteiger partial charge in [-0.05, 0) is 0 Å². The van der Waals surface area contributed by atoms with Gasteiger partial charge >= 0.3 is 81.9 Å². The molecular weight excluding hydrogens is 350 g/mol. The van der Waals surface area contributed by atoms with Crippen LogP contribution in [0.25, 0.3) is 0 Å². The average molecular weight is 350 g/mol. The molecule has 0 bridgehead atoms. The first-order valence-electron chi connectivity index (χ1n) is 1.33. The molecule has 0 unspecified atom stereocenters. The molecule has 8 heavy (non-hydrogen) atoms. The van der Waals surface area contributed by atoms with E-state index in [9.17, 15) is 0 Å². The van der Waals surface area contributed by atoms with Gasteiger partial charge < -0.3 is 0 Å². The van der Waals surface area contributed by atoms with Crippen LogP contribution in [0, 0.1) is 0 Å². The molecule has 1 heterocycles. The van der Waals surface area contributed by atoms with Gasteiger partial charge in [0.2, 0.25) is 0 Å². The van der Waals surface area contributed by atoms with Crippen LogP contribution in [0.4, 0.5) is 0 Å². The summed E-state index contributed by atoms with van der Waals surface area (Å²) in [4.78, 5) is 0. The van der Waals surface area contributed by atoms with Gasteiger partial charge in [0.1, 0.15) is 0 Å². The zero-order valence-electron chi connectivity index (χ0n) is 3.27. The summed E-state index contributed by atoms with van der Waals surface area (Å²) in [6.07, 6.45) is 0. The van der Waals surface area contributed by atoms with Crippen LogP contribution in [0.2, 0.25) is 0 Å². The Labute approximate surface area is 80.5 Å². The summed E-state index contributed by atoms with van der Waals surface area (Å²) < 4.78 is 0.